The molecule has 0 saturated carbocycles. The molecule has 0 saturated heterocycles. The first-order chi connectivity index (χ1) is 13.6. The lowest BCUT2D eigenvalue weighted by atomic mass is 10.2. The predicted molar refractivity (Wildman–Crippen MR) is 107 cm³/mol. The van der Waals surface area contributed by atoms with Crippen molar-refractivity contribution in [1.82, 2.24) is 5.32 Å². The number of anilines is 2. The molecule has 0 bridgehead atoms. The first kappa shape index (κ1) is 22.0. The van der Waals surface area contributed by atoms with E-state index in [9.17, 15) is 18.0 Å². The number of amides is 2. The van der Waals surface area contributed by atoms with Gasteiger partial charge in [-0.1, -0.05) is 23.7 Å². The standard InChI is InChI=1S/C17H17ClN4O6S/c1-10(23)20-13-8-7-11(9-14(13)21-16(19)22-17(24)27-2)29(25,26)28-15-6-4-3-5-12(15)18/h3-9H,1-2H3,(H,20,23)(H3,19,21,22,24). The molecule has 2 rings (SSSR count). The van der Waals surface area contributed by atoms with E-state index in [1.807, 2.05) is 0 Å². The van der Waals surface area contributed by atoms with Crippen LogP contribution in [0.3, 0.4) is 0 Å². The van der Waals surface area contributed by atoms with E-state index in [1.165, 1.54) is 31.2 Å². The number of guanidine groups is 1. The van der Waals surface area contributed by atoms with Crippen molar-refractivity contribution in [2.45, 2.75) is 11.8 Å². The van der Waals surface area contributed by atoms with Gasteiger partial charge in [0.25, 0.3) is 0 Å². The fraction of sp³-hybridized carbons (Fsp3) is 0.118. The minimum absolute atomic E-state index is 0.0189. The number of ether oxygens (including phenoxy) is 1. The van der Waals surface area contributed by atoms with Gasteiger partial charge in [-0.15, -0.1) is 0 Å². The molecule has 2 amide bonds. The van der Waals surface area contributed by atoms with Crippen LogP contribution in [-0.2, 0) is 19.6 Å². The molecule has 2 aromatic rings. The largest absolute Gasteiger partial charge is 0.453 e. The highest BCUT2D eigenvalue weighted by Gasteiger charge is 2.21. The van der Waals surface area contributed by atoms with Crippen molar-refractivity contribution in [3.8, 4) is 5.75 Å². The number of hydrogen-bond donors (Lipinski definition) is 4. The lowest BCUT2D eigenvalue weighted by Crippen LogP contribution is -2.35. The molecule has 12 heteroatoms. The van der Waals surface area contributed by atoms with E-state index in [4.69, 9.17) is 21.2 Å². The Morgan fingerprint density at radius 2 is 1.76 bits per heavy atom. The number of methoxy groups -OCH3 is 1. The smallest absolute Gasteiger partial charge is 0.413 e. The molecule has 0 aromatic heterocycles. The zero-order valence-electron chi connectivity index (χ0n) is 15.3. The molecule has 0 spiro atoms. The summed E-state index contributed by atoms with van der Waals surface area (Å²) in [6, 6.07) is 9.68. The maximum absolute atomic E-state index is 12.6. The summed E-state index contributed by atoms with van der Waals surface area (Å²) in [6.07, 6.45) is -0.908. The highest BCUT2D eigenvalue weighted by Crippen LogP contribution is 2.30. The van der Waals surface area contributed by atoms with E-state index in [0.717, 1.165) is 13.2 Å². The third kappa shape index (κ3) is 6.09. The van der Waals surface area contributed by atoms with Gasteiger partial charge in [0.15, 0.2) is 5.75 Å². The summed E-state index contributed by atoms with van der Waals surface area (Å²) in [6.45, 7) is 1.26. The lowest BCUT2D eigenvalue weighted by Gasteiger charge is -2.15. The molecular weight excluding hydrogens is 424 g/mol. The van der Waals surface area contributed by atoms with Crippen LogP contribution >= 0.6 is 11.6 Å². The SMILES string of the molecule is COC(=O)NC(=N)Nc1cc(S(=O)(=O)Oc2ccccc2Cl)ccc1NC(C)=O. The van der Waals surface area contributed by atoms with Crippen molar-refractivity contribution >= 4 is 51.1 Å². The fourth-order valence-corrected chi connectivity index (χ4v) is 3.27. The highest BCUT2D eigenvalue weighted by molar-refractivity contribution is 7.87. The van der Waals surface area contributed by atoms with Crippen molar-refractivity contribution in [3.05, 3.63) is 47.5 Å². The number of carbonyl (C=O) groups is 2. The topological polar surface area (TPSA) is 147 Å². The normalized spacial score (nSPS) is 10.6. The number of carbonyl (C=O) groups excluding carboxylic acids is 2. The average molecular weight is 441 g/mol. The number of alkyl carbamates (subject to hydrolysis) is 1. The van der Waals surface area contributed by atoms with Crippen LogP contribution in [0.1, 0.15) is 6.92 Å². The maximum atomic E-state index is 12.6. The van der Waals surface area contributed by atoms with E-state index in [2.05, 4.69) is 20.7 Å². The minimum Gasteiger partial charge on any atom is -0.453 e. The summed E-state index contributed by atoms with van der Waals surface area (Å²) in [5.41, 5.74) is 0.191. The summed E-state index contributed by atoms with van der Waals surface area (Å²) < 4.78 is 34.7. The van der Waals surface area contributed by atoms with Crippen LogP contribution in [0.25, 0.3) is 0 Å². The molecular formula is C17H17ClN4O6S. The van der Waals surface area contributed by atoms with Crippen LogP contribution < -0.4 is 20.1 Å². The first-order valence-electron chi connectivity index (χ1n) is 7.93. The molecule has 2 aromatic carbocycles. The summed E-state index contributed by atoms with van der Waals surface area (Å²) in [4.78, 5) is 22.3. The van der Waals surface area contributed by atoms with Gasteiger partial charge in [-0.2, -0.15) is 8.42 Å². The second kappa shape index (κ2) is 9.26. The summed E-state index contributed by atoms with van der Waals surface area (Å²) in [5.74, 6) is -0.997. The Balaban J connectivity index is 2.37. The summed E-state index contributed by atoms with van der Waals surface area (Å²) in [5, 5.41) is 14.9. The number of halogens is 1. The Bertz CT molecular complexity index is 1060. The molecule has 0 atom stereocenters. The van der Waals surface area contributed by atoms with Gasteiger partial charge in [0.05, 0.1) is 23.5 Å². The van der Waals surface area contributed by atoms with E-state index >= 15 is 0 Å². The molecule has 0 aliphatic carbocycles. The van der Waals surface area contributed by atoms with Crippen LogP contribution in [0.4, 0.5) is 16.2 Å². The van der Waals surface area contributed by atoms with Crippen molar-refractivity contribution in [3.63, 3.8) is 0 Å². The van der Waals surface area contributed by atoms with Crippen molar-refractivity contribution in [2.75, 3.05) is 17.7 Å². The zero-order chi connectivity index (χ0) is 21.6. The second-order valence-corrected chi connectivity index (χ2v) is 7.43. The number of rotatable bonds is 5. The lowest BCUT2D eigenvalue weighted by molar-refractivity contribution is -0.114. The van der Waals surface area contributed by atoms with Gasteiger partial charge in [0.1, 0.15) is 4.90 Å². The third-order valence-corrected chi connectivity index (χ3v) is 4.84. The van der Waals surface area contributed by atoms with Gasteiger partial charge >= 0.3 is 16.2 Å². The first-order valence-corrected chi connectivity index (χ1v) is 9.72. The predicted octanol–water partition coefficient (Wildman–Crippen LogP) is 2.77. The van der Waals surface area contributed by atoms with Gasteiger partial charge in [0.2, 0.25) is 11.9 Å². The Labute approximate surface area is 171 Å². The Morgan fingerprint density at radius 3 is 2.38 bits per heavy atom. The fourth-order valence-electron chi connectivity index (χ4n) is 2.08. The van der Waals surface area contributed by atoms with Crippen molar-refractivity contribution in [2.24, 2.45) is 0 Å². The Morgan fingerprint density at radius 1 is 1.07 bits per heavy atom. The molecule has 0 heterocycles. The molecule has 0 aliphatic rings. The van der Waals surface area contributed by atoms with E-state index in [-0.39, 0.29) is 27.0 Å². The number of benzene rings is 2. The Hall–Kier alpha value is -3.31. The van der Waals surface area contributed by atoms with Crippen LogP contribution in [0.2, 0.25) is 5.02 Å². The summed E-state index contributed by atoms with van der Waals surface area (Å²) >= 11 is 5.93. The van der Waals surface area contributed by atoms with Crippen LogP contribution in [0.5, 0.6) is 5.75 Å². The quantitative estimate of drug-likeness (QED) is 0.317. The number of nitrogens with one attached hydrogen (secondary N) is 4. The maximum Gasteiger partial charge on any atom is 0.413 e. The molecule has 29 heavy (non-hydrogen) atoms. The number of para-hydroxylation sites is 1. The van der Waals surface area contributed by atoms with Crippen LogP contribution in [0.15, 0.2) is 47.4 Å². The average Bonchev–Trinajstić information content (AvgIpc) is 2.64. The molecule has 0 radical (unpaired) electrons. The monoisotopic (exact) mass is 440 g/mol. The van der Waals surface area contributed by atoms with Gasteiger partial charge in [-0.25, -0.2) is 4.79 Å². The van der Waals surface area contributed by atoms with Crippen molar-refractivity contribution in [1.29, 1.82) is 5.41 Å². The minimum atomic E-state index is -4.29. The van der Waals surface area contributed by atoms with E-state index in [0.29, 0.717) is 0 Å². The second-order valence-electron chi connectivity index (χ2n) is 5.47. The van der Waals surface area contributed by atoms with Gasteiger partial charge in [-0.3, -0.25) is 15.5 Å². The highest BCUT2D eigenvalue weighted by atomic mass is 35.5. The zero-order valence-corrected chi connectivity index (χ0v) is 16.8. The number of hydrogen-bond acceptors (Lipinski definition) is 7. The van der Waals surface area contributed by atoms with E-state index in [1.54, 1.807) is 12.1 Å². The van der Waals surface area contributed by atoms with Gasteiger partial charge in [-0.05, 0) is 30.3 Å². The molecule has 4 N–H and O–H groups in total. The van der Waals surface area contributed by atoms with Crippen molar-refractivity contribution < 1.29 is 26.9 Å². The Kier molecular flexibility index (Phi) is 7.02. The summed E-state index contributed by atoms with van der Waals surface area (Å²) in [7, 11) is -3.17. The molecule has 154 valence electrons. The molecule has 10 nitrogen and oxygen atoms in total. The molecule has 0 unspecified atom stereocenters. The van der Waals surface area contributed by atoms with E-state index < -0.39 is 28.1 Å². The molecule has 0 fully saturated rings. The van der Waals surface area contributed by atoms with Crippen LogP contribution in [0, 0.1) is 5.41 Å². The van der Waals surface area contributed by atoms with Gasteiger partial charge < -0.3 is 19.6 Å². The van der Waals surface area contributed by atoms with Crippen LogP contribution in [-0.4, -0.2) is 33.5 Å². The van der Waals surface area contributed by atoms with Gasteiger partial charge in [0, 0.05) is 6.92 Å². The molecule has 0 aliphatic heterocycles. The third-order valence-electron chi connectivity index (χ3n) is 3.30.